The van der Waals surface area contributed by atoms with Crippen molar-refractivity contribution in [2.24, 2.45) is 10.8 Å². The molecule has 10 heteroatoms. The number of esters is 1. The van der Waals surface area contributed by atoms with Crippen LogP contribution < -0.4 is 0 Å². The van der Waals surface area contributed by atoms with Crippen molar-refractivity contribution >= 4 is 18.6 Å². The van der Waals surface area contributed by atoms with Crippen molar-refractivity contribution < 1.29 is 44.9 Å². The van der Waals surface area contributed by atoms with Crippen LogP contribution in [-0.2, 0) is 14.3 Å². The van der Waals surface area contributed by atoms with E-state index < -0.39 is 61.4 Å². The SMILES string of the molecule is CC(O)(S)C(=O)OCC(CO)(CO)COCC(CO)(CO)CO. The molecule has 1 unspecified atom stereocenters. The molecule has 0 aliphatic heterocycles. The average molecular weight is 358 g/mol. The van der Waals surface area contributed by atoms with Gasteiger partial charge in [0, 0.05) is 0 Å². The molecule has 0 aromatic rings. The summed E-state index contributed by atoms with van der Waals surface area (Å²) in [6, 6.07) is 0. The number of aliphatic hydroxyl groups excluding tert-OH is 5. The number of thiol groups is 1. The lowest BCUT2D eigenvalue weighted by Gasteiger charge is -2.32. The van der Waals surface area contributed by atoms with Crippen LogP contribution in [0.4, 0.5) is 0 Å². The van der Waals surface area contributed by atoms with E-state index in [1.807, 2.05) is 0 Å². The Bertz CT molecular complexity index is 340. The van der Waals surface area contributed by atoms with Gasteiger partial charge in [0.15, 0.2) is 0 Å². The molecule has 0 bridgehead atoms. The smallest absolute Gasteiger partial charge is 0.348 e. The van der Waals surface area contributed by atoms with Gasteiger partial charge in [-0.25, -0.2) is 4.79 Å². The molecule has 23 heavy (non-hydrogen) atoms. The Morgan fingerprint density at radius 3 is 1.61 bits per heavy atom. The minimum atomic E-state index is -2.02. The van der Waals surface area contributed by atoms with E-state index in [-0.39, 0.29) is 13.2 Å². The van der Waals surface area contributed by atoms with Crippen LogP contribution in [-0.4, -0.2) is 94.4 Å². The molecule has 0 spiro atoms. The molecule has 6 N–H and O–H groups in total. The summed E-state index contributed by atoms with van der Waals surface area (Å²) in [5.74, 6) is -1.05. The number of aliphatic hydroxyl groups is 6. The number of carbonyl (C=O) groups is 1. The third-order valence-corrected chi connectivity index (χ3v) is 3.57. The Morgan fingerprint density at radius 2 is 1.26 bits per heavy atom. The number of hydrogen-bond acceptors (Lipinski definition) is 10. The van der Waals surface area contributed by atoms with E-state index in [2.05, 4.69) is 12.6 Å². The van der Waals surface area contributed by atoms with E-state index in [9.17, 15) is 35.4 Å². The van der Waals surface area contributed by atoms with Crippen LogP contribution in [0.25, 0.3) is 0 Å². The van der Waals surface area contributed by atoms with Crippen LogP contribution in [0.5, 0.6) is 0 Å². The third kappa shape index (κ3) is 6.89. The maximum absolute atomic E-state index is 11.5. The molecule has 0 aromatic heterocycles. The normalized spacial score (nSPS) is 15.3. The Kier molecular flexibility index (Phi) is 9.55. The molecule has 138 valence electrons. The first-order valence-electron chi connectivity index (χ1n) is 6.88. The zero-order valence-corrected chi connectivity index (χ0v) is 13.9. The molecule has 1 atom stereocenters. The molecule has 0 saturated carbocycles. The van der Waals surface area contributed by atoms with Crippen LogP contribution in [0.1, 0.15) is 6.92 Å². The number of ether oxygens (including phenoxy) is 2. The van der Waals surface area contributed by atoms with E-state index in [4.69, 9.17) is 9.47 Å². The second-order valence-corrected chi connectivity index (χ2v) is 6.75. The maximum atomic E-state index is 11.5. The van der Waals surface area contributed by atoms with E-state index in [1.165, 1.54) is 0 Å². The lowest BCUT2D eigenvalue weighted by Crippen LogP contribution is -2.45. The maximum Gasteiger partial charge on any atom is 0.348 e. The van der Waals surface area contributed by atoms with Gasteiger partial charge in [0.1, 0.15) is 6.61 Å². The second-order valence-electron chi connectivity index (χ2n) is 5.88. The van der Waals surface area contributed by atoms with Crippen LogP contribution in [0.15, 0.2) is 0 Å². The summed E-state index contributed by atoms with van der Waals surface area (Å²) in [6.07, 6.45) is 0. The van der Waals surface area contributed by atoms with Gasteiger partial charge in [-0.15, -0.1) is 12.6 Å². The fourth-order valence-corrected chi connectivity index (χ4v) is 1.47. The summed E-state index contributed by atoms with van der Waals surface area (Å²) in [7, 11) is 0. The van der Waals surface area contributed by atoms with E-state index in [0.29, 0.717) is 0 Å². The lowest BCUT2D eigenvalue weighted by molar-refractivity contribution is -0.165. The fraction of sp³-hybridized carbons (Fsp3) is 0.923. The molecular weight excluding hydrogens is 332 g/mol. The van der Waals surface area contributed by atoms with Crippen LogP contribution in [0.2, 0.25) is 0 Å². The van der Waals surface area contributed by atoms with Gasteiger partial charge < -0.3 is 40.1 Å². The predicted molar refractivity (Wildman–Crippen MR) is 81.7 cm³/mol. The Balaban J connectivity index is 4.69. The highest BCUT2D eigenvalue weighted by Crippen LogP contribution is 2.22. The van der Waals surface area contributed by atoms with Crippen molar-refractivity contribution in [3.05, 3.63) is 0 Å². The van der Waals surface area contributed by atoms with Gasteiger partial charge in [0.05, 0.1) is 57.1 Å². The first-order chi connectivity index (χ1) is 10.6. The molecule has 0 aromatic carbocycles. The fourth-order valence-electron chi connectivity index (χ4n) is 1.40. The van der Waals surface area contributed by atoms with Crippen molar-refractivity contribution in [1.82, 2.24) is 0 Å². The third-order valence-electron chi connectivity index (χ3n) is 3.39. The molecule has 0 aliphatic rings. The summed E-state index contributed by atoms with van der Waals surface area (Å²) >= 11 is 3.63. The average Bonchev–Trinajstić information content (AvgIpc) is 2.54. The molecular formula is C13H26O9S. The standard InChI is InChI=1S/C13H26O9S/c1-11(20,23)10(19)22-9-13(5-17,6-18)8-21-7-12(2-14,3-15)4-16/h14-18,20,23H,2-9H2,1H3. The quantitative estimate of drug-likeness (QED) is 0.111. The van der Waals surface area contributed by atoms with Crippen molar-refractivity contribution in [2.75, 3.05) is 52.9 Å². The van der Waals surface area contributed by atoms with E-state index in [0.717, 1.165) is 6.92 Å². The molecule has 0 amide bonds. The van der Waals surface area contributed by atoms with Gasteiger partial charge in [0.2, 0.25) is 4.93 Å². The highest BCUT2D eigenvalue weighted by molar-refractivity contribution is 7.82. The molecule has 0 saturated heterocycles. The summed E-state index contributed by atoms with van der Waals surface area (Å²) in [6.45, 7) is -2.60. The molecule has 0 radical (unpaired) electrons. The van der Waals surface area contributed by atoms with Crippen molar-refractivity contribution in [3.63, 3.8) is 0 Å². The molecule has 0 aliphatic carbocycles. The van der Waals surface area contributed by atoms with E-state index in [1.54, 1.807) is 0 Å². The zero-order chi connectivity index (χ0) is 18.1. The van der Waals surface area contributed by atoms with E-state index >= 15 is 0 Å². The Labute approximate surface area is 139 Å². The van der Waals surface area contributed by atoms with Gasteiger partial charge in [0.25, 0.3) is 0 Å². The number of carbonyl (C=O) groups excluding carboxylic acids is 1. The summed E-state index contributed by atoms with van der Waals surface area (Å²) < 4.78 is 10.1. The van der Waals surface area contributed by atoms with Gasteiger partial charge in [-0.2, -0.15) is 0 Å². The largest absolute Gasteiger partial charge is 0.462 e. The first-order valence-corrected chi connectivity index (χ1v) is 7.33. The molecule has 9 nitrogen and oxygen atoms in total. The van der Waals surface area contributed by atoms with Crippen LogP contribution >= 0.6 is 12.6 Å². The van der Waals surface area contributed by atoms with Gasteiger partial charge in [-0.3, -0.25) is 0 Å². The van der Waals surface area contributed by atoms with Gasteiger partial charge >= 0.3 is 5.97 Å². The first kappa shape index (κ1) is 22.5. The highest BCUT2D eigenvalue weighted by Gasteiger charge is 2.36. The van der Waals surface area contributed by atoms with Gasteiger partial charge in [-0.05, 0) is 6.92 Å². The highest BCUT2D eigenvalue weighted by atomic mass is 32.1. The Morgan fingerprint density at radius 1 is 0.870 bits per heavy atom. The van der Waals surface area contributed by atoms with Crippen molar-refractivity contribution in [2.45, 2.75) is 11.9 Å². The zero-order valence-electron chi connectivity index (χ0n) is 13.0. The Hall–Kier alpha value is -0.460. The number of hydrogen-bond donors (Lipinski definition) is 7. The molecule has 0 rings (SSSR count). The topological polar surface area (TPSA) is 157 Å². The summed E-state index contributed by atoms with van der Waals surface area (Å²) in [5, 5.41) is 55.8. The van der Waals surface area contributed by atoms with Crippen molar-refractivity contribution in [1.29, 1.82) is 0 Å². The number of rotatable bonds is 12. The molecule has 0 fully saturated rings. The minimum absolute atomic E-state index is 0.240. The lowest BCUT2D eigenvalue weighted by atomic mass is 9.90. The van der Waals surface area contributed by atoms with Crippen LogP contribution in [0, 0.1) is 10.8 Å². The van der Waals surface area contributed by atoms with Crippen molar-refractivity contribution in [3.8, 4) is 0 Å². The van der Waals surface area contributed by atoms with Gasteiger partial charge in [-0.1, -0.05) is 0 Å². The minimum Gasteiger partial charge on any atom is -0.462 e. The summed E-state index contributed by atoms with van der Waals surface area (Å²) in [5.41, 5.74) is -2.61. The van der Waals surface area contributed by atoms with Crippen LogP contribution in [0.3, 0.4) is 0 Å². The predicted octanol–water partition coefficient (Wildman–Crippen LogP) is -2.88. The monoisotopic (exact) mass is 358 g/mol. The second kappa shape index (κ2) is 9.74. The summed E-state index contributed by atoms with van der Waals surface area (Å²) in [4.78, 5) is 9.45. The molecule has 0 heterocycles.